The van der Waals surface area contributed by atoms with Crippen LogP contribution in [0.5, 0.6) is 5.75 Å². The van der Waals surface area contributed by atoms with Crippen molar-refractivity contribution in [3.63, 3.8) is 0 Å². The Kier molecular flexibility index (Phi) is 7.05. The molecule has 1 aromatic rings. The molecule has 7 nitrogen and oxygen atoms in total. The molecule has 0 aliphatic carbocycles. The van der Waals surface area contributed by atoms with E-state index < -0.39 is 29.7 Å². The highest BCUT2D eigenvalue weighted by Crippen LogP contribution is 2.17. The largest absolute Gasteiger partial charge is 0.493 e. The van der Waals surface area contributed by atoms with Gasteiger partial charge in [0.25, 0.3) is 5.91 Å². The number of carbonyl (C=O) groups is 3. The minimum atomic E-state index is -0.993. The lowest BCUT2D eigenvalue weighted by atomic mass is 10.0. The maximum absolute atomic E-state index is 12.1. The van der Waals surface area contributed by atoms with E-state index in [1.165, 1.54) is 6.92 Å². The lowest BCUT2D eigenvalue weighted by Gasteiger charge is -2.18. The van der Waals surface area contributed by atoms with Gasteiger partial charge in [0.05, 0.1) is 24.6 Å². The van der Waals surface area contributed by atoms with Crippen LogP contribution in [0.25, 0.3) is 0 Å². The summed E-state index contributed by atoms with van der Waals surface area (Å²) in [5, 5.41) is 13.9. The molecule has 1 rings (SSSR count). The van der Waals surface area contributed by atoms with Crippen molar-refractivity contribution in [3.8, 4) is 5.75 Å². The van der Waals surface area contributed by atoms with Gasteiger partial charge in [0, 0.05) is 6.04 Å². The Morgan fingerprint density at radius 2 is 1.87 bits per heavy atom. The first kappa shape index (κ1) is 18.5. The van der Waals surface area contributed by atoms with Crippen molar-refractivity contribution in [2.24, 2.45) is 5.92 Å². The summed E-state index contributed by atoms with van der Waals surface area (Å²) in [6, 6.07) is 6.20. The fourth-order valence-electron chi connectivity index (χ4n) is 1.84. The molecule has 7 heteroatoms. The van der Waals surface area contributed by atoms with E-state index in [-0.39, 0.29) is 6.54 Å². The minimum Gasteiger partial charge on any atom is -0.493 e. The number of aliphatic carboxylic acids is 1. The number of hydrogen-bond donors (Lipinski definition) is 3. The predicted octanol–water partition coefficient (Wildman–Crippen LogP) is 1.04. The fraction of sp³-hybridized carbons (Fsp3) is 0.438. The zero-order chi connectivity index (χ0) is 17.4. The number of benzene rings is 1. The Bertz CT molecular complexity index is 573. The van der Waals surface area contributed by atoms with Gasteiger partial charge in [-0.1, -0.05) is 12.1 Å². The number of nitrogens with one attached hydrogen (secondary N) is 2. The van der Waals surface area contributed by atoms with E-state index in [4.69, 9.17) is 9.84 Å². The Labute approximate surface area is 135 Å². The highest BCUT2D eigenvalue weighted by atomic mass is 16.5. The SMILES string of the molecule is CCOc1ccccc1C(=O)NCC(=O)NC(C)C(C)C(=O)O. The number of ether oxygens (including phenoxy) is 1. The average molecular weight is 322 g/mol. The van der Waals surface area contributed by atoms with Crippen LogP contribution in [0.1, 0.15) is 31.1 Å². The van der Waals surface area contributed by atoms with Crippen LogP contribution >= 0.6 is 0 Å². The number of rotatable bonds is 8. The van der Waals surface area contributed by atoms with Gasteiger partial charge in [-0.3, -0.25) is 14.4 Å². The molecule has 0 aromatic heterocycles. The third-order valence-corrected chi connectivity index (χ3v) is 3.37. The van der Waals surface area contributed by atoms with Gasteiger partial charge in [-0.2, -0.15) is 0 Å². The molecule has 0 radical (unpaired) electrons. The van der Waals surface area contributed by atoms with Gasteiger partial charge in [-0.25, -0.2) is 0 Å². The van der Waals surface area contributed by atoms with Crippen molar-refractivity contribution in [2.45, 2.75) is 26.8 Å². The number of carbonyl (C=O) groups excluding carboxylic acids is 2. The number of hydrogen-bond acceptors (Lipinski definition) is 4. The molecule has 2 atom stereocenters. The third kappa shape index (κ3) is 5.61. The van der Waals surface area contributed by atoms with E-state index in [1.807, 2.05) is 6.92 Å². The van der Waals surface area contributed by atoms with Crippen LogP contribution in [-0.4, -0.2) is 42.1 Å². The van der Waals surface area contributed by atoms with Crippen molar-refractivity contribution >= 4 is 17.8 Å². The predicted molar refractivity (Wildman–Crippen MR) is 84.3 cm³/mol. The second-order valence-corrected chi connectivity index (χ2v) is 5.09. The maximum atomic E-state index is 12.1. The van der Waals surface area contributed by atoms with Crippen molar-refractivity contribution < 1.29 is 24.2 Å². The first-order valence-corrected chi connectivity index (χ1v) is 7.39. The van der Waals surface area contributed by atoms with Crippen LogP contribution in [-0.2, 0) is 9.59 Å². The molecular weight excluding hydrogens is 300 g/mol. The molecule has 0 aliphatic heterocycles. The fourth-order valence-corrected chi connectivity index (χ4v) is 1.84. The van der Waals surface area contributed by atoms with Gasteiger partial charge in [-0.15, -0.1) is 0 Å². The van der Waals surface area contributed by atoms with E-state index in [2.05, 4.69) is 10.6 Å². The first-order chi connectivity index (χ1) is 10.9. The molecule has 0 saturated carbocycles. The van der Waals surface area contributed by atoms with Crippen LogP contribution in [0.3, 0.4) is 0 Å². The van der Waals surface area contributed by atoms with Crippen LogP contribution in [0.2, 0.25) is 0 Å². The van der Waals surface area contributed by atoms with Gasteiger partial charge in [0.2, 0.25) is 5.91 Å². The van der Waals surface area contributed by atoms with Crippen LogP contribution in [0.15, 0.2) is 24.3 Å². The third-order valence-electron chi connectivity index (χ3n) is 3.37. The van der Waals surface area contributed by atoms with E-state index in [1.54, 1.807) is 31.2 Å². The van der Waals surface area contributed by atoms with Crippen molar-refractivity contribution in [1.29, 1.82) is 0 Å². The number of amides is 2. The molecule has 0 heterocycles. The quantitative estimate of drug-likeness (QED) is 0.663. The molecule has 0 bridgehead atoms. The van der Waals surface area contributed by atoms with Gasteiger partial charge in [-0.05, 0) is 32.9 Å². The zero-order valence-corrected chi connectivity index (χ0v) is 13.5. The number of para-hydroxylation sites is 1. The van der Waals surface area contributed by atoms with Crippen molar-refractivity contribution in [3.05, 3.63) is 29.8 Å². The number of carboxylic acids is 1. The smallest absolute Gasteiger partial charge is 0.308 e. The molecule has 23 heavy (non-hydrogen) atoms. The zero-order valence-electron chi connectivity index (χ0n) is 13.5. The molecule has 0 fully saturated rings. The first-order valence-electron chi connectivity index (χ1n) is 7.39. The second-order valence-electron chi connectivity index (χ2n) is 5.09. The Morgan fingerprint density at radius 3 is 2.48 bits per heavy atom. The Balaban J connectivity index is 2.56. The molecule has 3 N–H and O–H groups in total. The van der Waals surface area contributed by atoms with Crippen LogP contribution in [0, 0.1) is 5.92 Å². The molecule has 2 amide bonds. The lowest BCUT2D eigenvalue weighted by molar-refractivity contribution is -0.142. The second kappa shape index (κ2) is 8.77. The summed E-state index contributed by atoms with van der Waals surface area (Å²) in [5.74, 6) is -2.14. The molecule has 1 aromatic carbocycles. The van der Waals surface area contributed by atoms with Gasteiger partial charge in [0.1, 0.15) is 5.75 Å². The van der Waals surface area contributed by atoms with Crippen LogP contribution < -0.4 is 15.4 Å². The summed E-state index contributed by atoms with van der Waals surface area (Å²) < 4.78 is 5.36. The standard InChI is InChI=1S/C16H22N2O5/c1-4-23-13-8-6-5-7-12(13)15(20)17-9-14(19)18-11(3)10(2)16(21)22/h5-8,10-11H,4,9H2,1-3H3,(H,17,20)(H,18,19)(H,21,22). The monoisotopic (exact) mass is 322 g/mol. The Morgan fingerprint density at radius 1 is 1.22 bits per heavy atom. The van der Waals surface area contributed by atoms with E-state index in [0.717, 1.165) is 0 Å². The molecule has 126 valence electrons. The summed E-state index contributed by atoms with van der Waals surface area (Å²) >= 11 is 0. The topological polar surface area (TPSA) is 105 Å². The van der Waals surface area contributed by atoms with E-state index in [0.29, 0.717) is 17.9 Å². The maximum Gasteiger partial charge on any atom is 0.308 e. The van der Waals surface area contributed by atoms with Crippen molar-refractivity contribution in [1.82, 2.24) is 10.6 Å². The number of carboxylic acid groups (broad SMARTS) is 1. The van der Waals surface area contributed by atoms with Crippen molar-refractivity contribution in [2.75, 3.05) is 13.2 Å². The molecule has 0 aliphatic rings. The Hall–Kier alpha value is -2.57. The summed E-state index contributed by atoms with van der Waals surface area (Å²) in [4.78, 5) is 34.7. The molecule has 0 saturated heterocycles. The van der Waals surface area contributed by atoms with Crippen LogP contribution in [0.4, 0.5) is 0 Å². The minimum absolute atomic E-state index is 0.240. The normalized spacial score (nSPS) is 12.8. The van der Waals surface area contributed by atoms with Gasteiger partial charge < -0.3 is 20.5 Å². The summed E-state index contributed by atoms with van der Waals surface area (Å²) in [7, 11) is 0. The summed E-state index contributed by atoms with van der Waals surface area (Å²) in [6.45, 7) is 5.10. The van der Waals surface area contributed by atoms with Gasteiger partial charge >= 0.3 is 5.97 Å². The molecule has 2 unspecified atom stereocenters. The highest BCUT2D eigenvalue weighted by molar-refractivity contribution is 5.98. The molecular formula is C16H22N2O5. The summed E-state index contributed by atoms with van der Waals surface area (Å²) in [6.07, 6.45) is 0. The average Bonchev–Trinajstić information content (AvgIpc) is 2.52. The summed E-state index contributed by atoms with van der Waals surface area (Å²) in [5.41, 5.74) is 0.342. The van der Waals surface area contributed by atoms with Gasteiger partial charge in [0.15, 0.2) is 0 Å². The van der Waals surface area contributed by atoms with E-state index >= 15 is 0 Å². The lowest BCUT2D eigenvalue weighted by Crippen LogP contribution is -2.44. The molecule has 0 spiro atoms. The van der Waals surface area contributed by atoms with E-state index in [9.17, 15) is 14.4 Å². The highest BCUT2D eigenvalue weighted by Gasteiger charge is 2.21.